The van der Waals surface area contributed by atoms with E-state index in [0.717, 1.165) is 0 Å². The highest BCUT2D eigenvalue weighted by molar-refractivity contribution is 7.91. The lowest BCUT2D eigenvalue weighted by Gasteiger charge is -2.27. The average Bonchev–Trinajstić information content (AvgIpc) is 2.79. The Balaban J connectivity index is 2.34. The third-order valence-electron chi connectivity index (χ3n) is 3.69. The molecule has 0 radical (unpaired) electrons. The number of benzene rings is 1. The van der Waals surface area contributed by atoms with Gasteiger partial charge in [-0.3, -0.25) is 4.79 Å². The number of phenolic OH excluding ortho intramolecular Hbond substituents is 1. The molecule has 1 saturated heterocycles. The van der Waals surface area contributed by atoms with Crippen LogP contribution in [0.25, 0.3) is 0 Å². The van der Waals surface area contributed by atoms with Gasteiger partial charge in [0, 0.05) is 12.6 Å². The summed E-state index contributed by atoms with van der Waals surface area (Å²) in [7, 11) is -1.66. The molecule has 1 N–H and O–H groups in total. The Hall–Kier alpha value is -1.76. The van der Waals surface area contributed by atoms with Crippen molar-refractivity contribution in [2.24, 2.45) is 0 Å². The van der Waals surface area contributed by atoms with Gasteiger partial charge in [0.2, 0.25) is 0 Å². The molecular weight excluding hydrogens is 294 g/mol. The van der Waals surface area contributed by atoms with Crippen LogP contribution in [-0.2, 0) is 9.84 Å². The van der Waals surface area contributed by atoms with Crippen molar-refractivity contribution in [3.05, 3.63) is 23.8 Å². The minimum atomic E-state index is -3.08. The number of hydrogen-bond acceptors (Lipinski definition) is 5. The standard InChI is InChI=1S/C14H19NO5S/c1-3-15(10-7-8-21(18,19)9-10)14(17)13-11(16)5-4-6-12(13)20-2/h4-6,10,16H,3,7-9H2,1-2H3. The zero-order valence-electron chi connectivity index (χ0n) is 12.1. The predicted octanol–water partition coefficient (Wildman–Crippen LogP) is 1.05. The van der Waals surface area contributed by atoms with E-state index in [1.807, 2.05) is 0 Å². The van der Waals surface area contributed by atoms with Crippen molar-refractivity contribution in [1.82, 2.24) is 4.90 Å². The summed E-state index contributed by atoms with van der Waals surface area (Å²) in [6.45, 7) is 2.16. The number of methoxy groups -OCH3 is 1. The van der Waals surface area contributed by atoms with Crippen molar-refractivity contribution in [2.75, 3.05) is 25.2 Å². The summed E-state index contributed by atoms with van der Waals surface area (Å²) >= 11 is 0. The first kappa shape index (κ1) is 15.6. The highest BCUT2D eigenvalue weighted by Crippen LogP contribution is 2.30. The van der Waals surface area contributed by atoms with Crippen molar-refractivity contribution in [1.29, 1.82) is 0 Å². The van der Waals surface area contributed by atoms with Crippen molar-refractivity contribution in [3.63, 3.8) is 0 Å². The summed E-state index contributed by atoms with van der Waals surface area (Å²) < 4.78 is 28.3. The first-order valence-electron chi connectivity index (χ1n) is 6.77. The molecule has 1 aliphatic rings. The van der Waals surface area contributed by atoms with Crippen molar-refractivity contribution >= 4 is 15.7 Å². The number of sulfone groups is 1. The number of nitrogens with zero attached hydrogens (tertiary/aromatic N) is 1. The molecule has 1 amide bonds. The van der Waals surface area contributed by atoms with Crippen LogP contribution in [0.15, 0.2) is 18.2 Å². The van der Waals surface area contributed by atoms with Crippen LogP contribution in [0, 0.1) is 0 Å². The van der Waals surface area contributed by atoms with Crippen LogP contribution in [0.5, 0.6) is 11.5 Å². The fourth-order valence-electron chi connectivity index (χ4n) is 2.64. The van der Waals surface area contributed by atoms with Gasteiger partial charge in [-0.15, -0.1) is 0 Å². The average molecular weight is 313 g/mol. The SMILES string of the molecule is CCN(C(=O)c1c(O)cccc1OC)C1CCS(=O)(=O)C1. The highest BCUT2D eigenvalue weighted by Gasteiger charge is 2.35. The van der Waals surface area contributed by atoms with Crippen LogP contribution in [0.3, 0.4) is 0 Å². The monoisotopic (exact) mass is 313 g/mol. The van der Waals surface area contributed by atoms with E-state index in [2.05, 4.69) is 0 Å². The van der Waals surface area contributed by atoms with E-state index in [-0.39, 0.29) is 34.6 Å². The van der Waals surface area contributed by atoms with E-state index in [4.69, 9.17) is 4.74 Å². The Kier molecular flexibility index (Phi) is 4.41. The lowest BCUT2D eigenvalue weighted by Crippen LogP contribution is -2.41. The van der Waals surface area contributed by atoms with E-state index >= 15 is 0 Å². The number of amides is 1. The van der Waals surface area contributed by atoms with Gasteiger partial charge in [-0.05, 0) is 25.5 Å². The van der Waals surface area contributed by atoms with Gasteiger partial charge in [0.05, 0.1) is 18.6 Å². The molecule has 116 valence electrons. The summed E-state index contributed by atoms with van der Waals surface area (Å²) in [5.41, 5.74) is 0.0751. The Bertz CT molecular complexity index is 641. The molecule has 0 bridgehead atoms. The summed E-state index contributed by atoms with van der Waals surface area (Å²) in [5, 5.41) is 9.94. The van der Waals surface area contributed by atoms with E-state index in [0.29, 0.717) is 13.0 Å². The minimum Gasteiger partial charge on any atom is -0.507 e. The maximum absolute atomic E-state index is 12.7. The molecule has 7 heteroatoms. The Morgan fingerprint density at radius 3 is 2.71 bits per heavy atom. The van der Waals surface area contributed by atoms with E-state index in [1.54, 1.807) is 19.1 Å². The largest absolute Gasteiger partial charge is 0.507 e. The first-order chi connectivity index (χ1) is 9.89. The molecule has 1 heterocycles. The molecule has 0 aromatic heterocycles. The predicted molar refractivity (Wildman–Crippen MR) is 78.4 cm³/mol. The topological polar surface area (TPSA) is 83.9 Å². The maximum atomic E-state index is 12.7. The molecule has 0 aliphatic carbocycles. The first-order valence-corrected chi connectivity index (χ1v) is 8.59. The molecule has 1 aromatic rings. The number of hydrogen-bond donors (Lipinski definition) is 1. The van der Waals surface area contributed by atoms with Gasteiger partial charge < -0.3 is 14.7 Å². The van der Waals surface area contributed by atoms with E-state index < -0.39 is 15.7 Å². The van der Waals surface area contributed by atoms with Gasteiger partial charge in [0.25, 0.3) is 5.91 Å². The molecule has 1 aliphatic heterocycles. The van der Waals surface area contributed by atoms with Gasteiger partial charge in [-0.1, -0.05) is 6.07 Å². The molecule has 2 rings (SSSR count). The van der Waals surface area contributed by atoms with Crippen molar-refractivity contribution < 1.29 is 23.1 Å². The lowest BCUT2D eigenvalue weighted by atomic mass is 10.1. The molecule has 21 heavy (non-hydrogen) atoms. The number of carbonyl (C=O) groups excluding carboxylic acids is 1. The molecule has 6 nitrogen and oxygen atoms in total. The van der Waals surface area contributed by atoms with Crippen LogP contribution in [0.2, 0.25) is 0 Å². The van der Waals surface area contributed by atoms with Gasteiger partial charge >= 0.3 is 0 Å². The van der Waals surface area contributed by atoms with Gasteiger partial charge in [0.1, 0.15) is 17.1 Å². The number of rotatable bonds is 4. The molecule has 1 atom stereocenters. The molecule has 0 spiro atoms. The molecule has 1 unspecified atom stereocenters. The second kappa shape index (κ2) is 5.93. The van der Waals surface area contributed by atoms with Crippen LogP contribution in [0.1, 0.15) is 23.7 Å². The van der Waals surface area contributed by atoms with Crippen molar-refractivity contribution in [2.45, 2.75) is 19.4 Å². The summed E-state index contributed by atoms with van der Waals surface area (Å²) in [4.78, 5) is 14.2. The highest BCUT2D eigenvalue weighted by atomic mass is 32.2. The van der Waals surface area contributed by atoms with Gasteiger partial charge in [0.15, 0.2) is 9.84 Å². The number of phenols is 1. The zero-order valence-corrected chi connectivity index (χ0v) is 12.9. The molecule has 1 fully saturated rings. The van der Waals surface area contributed by atoms with Gasteiger partial charge in [-0.2, -0.15) is 0 Å². The number of carbonyl (C=O) groups is 1. The van der Waals surface area contributed by atoms with Crippen molar-refractivity contribution in [3.8, 4) is 11.5 Å². The maximum Gasteiger partial charge on any atom is 0.261 e. The fraction of sp³-hybridized carbons (Fsp3) is 0.500. The van der Waals surface area contributed by atoms with Crippen LogP contribution in [-0.4, -0.2) is 55.5 Å². The Morgan fingerprint density at radius 2 is 2.19 bits per heavy atom. The van der Waals surface area contributed by atoms with Crippen LogP contribution >= 0.6 is 0 Å². The zero-order chi connectivity index (χ0) is 15.6. The minimum absolute atomic E-state index is 0.0253. The third kappa shape index (κ3) is 3.12. The quantitative estimate of drug-likeness (QED) is 0.898. The van der Waals surface area contributed by atoms with Gasteiger partial charge in [-0.25, -0.2) is 8.42 Å². The second-order valence-electron chi connectivity index (χ2n) is 5.00. The fourth-order valence-corrected chi connectivity index (χ4v) is 4.37. The number of aromatic hydroxyl groups is 1. The summed E-state index contributed by atoms with van der Waals surface area (Å²) in [6.07, 6.45) is 0.428. The Morgan fingerprint density at radius 1 is 1.48 bits per heavy atom. The molecular formula is C14H19NO5S. The smallest absolute Gasteiger partial charge is 0.261 e. The van der Waals surface area contributed by atoms with Crippen LogP contribution < -0.4 is 4.74 Å². The van der Waals surface area contributed by atoms with E-state index in [9.17, 15) is 18.3 Å². The normalized spacial score (nSPS) is 20.2. The second-order valence-corrected chi connectivity index (χ2v) is 7.23. The third-order valence-corrected chi connectivity index (χ3v) is 5.44. The van der Waals surface area contributed by atoms with Crippen LogP contribution in [0.4, 0.5) is 0 Å². The summed E-state index contributed by atoms with van der Waals surface area (Å²) in [6, 6.07) is 4.24. The Labute approximate surface area is 124 Å². The van der Waals surface area contributed by atoms with E-state index in [1.165, 1.54) is 18.1 Å². The molecule has 0 saturated carbocycles. The lowest BCUT2D eigenvalue weighted by molar-refractivity contribution is 0.0702. The summed E-state index contributed by atoms with van der Waals surface area (Å²) in [5.74, 6) is -0.227. The number of ether oxygens (including phenoxy) is 1. The molecule has 1 aromatic carbocycles.